The molecule has 5 heteroatoms. The van der Waals surface area contributed by atoms with Crippen LogP contribution >= 0.6 is 0 Å². The number of hydrogen-bond donors (Lipinski definition) is 1. The number of fused-ring (bicyclic) bond motifs is 1. The van der Waals surface area contributed by atoms with E-state index in [9.17, 15) is 5.11 Å². The van der Waals surface area contributed by atoms with Crippen molar-refractivity contribution >= 4 is 11.0 Å². The van der Waals surface area contributed by atoms with Crippen molar-refractivity contribution in [3.05, 3.63) is 192 Å². The molecule has 0 spiro atoms. The Labute approximate surface area is 420 Å². The van der Waals surface area contributed by atoms with Gasteiger partial charge in [-0.25, -0.2) is 4.98 Å². The third-order valence-corrected chi connectivity index (χ3v) is 11.8. The summed E-state index contributed by atoms with van der Waals surface area (Å²) in [6.07, 6.45) is 1.59. The van der Waals surface area contributed by atoms with Crippen LogP contribution in [0.2, 0.25) is 0 Å². The average molecular weight is 1050 g/mol. The maximum atomic E-state index is 12.3. The summed E-state index contributed by atoms with van der Waals surface area (Å²) in [4.78, 5) is 10.2. The number of pyridine rings is 1. The van der Waals surface area contributed by atoms with Crippen LogP contribution in [-0.4, -0.2) is 19.6 Å². The van der Waals surface area contributed by atoms with Crippen molar-refractivity contribution in [2.45, 2.75) is 79.2 Å². The molecular formula is C60H56N3OPt-. The molecule has 4 nitrogen and oxygen atoms in total. The third-order valence-electron chi connectivity index (χ3n) is 11.8. The largest absolute Gasteiger partial charge is 0.507 e. The van der Waals surface area contributed by atoms with Gasteiger partial charge < -0.3 is 5.11 Å². The molecule has 0 atom stereocenters. The van der Waals surface area contributed by atoms with Crippen molar-refractivity contribution in [3.8, 4) is 78.6 Å². The van der Waals surface area contributed by atoms with Gasteiger partial charge in [-0.05, 0) is 117 Å². The van der Waals surface area contributed by atoms with Gasteiger partial charge in [0.25, 0.3) is 0 Å². The van der Waals surface area contributed by atoms with Crippen molar-refractivity contribution in [2.24, 2.45) is 0 Å². The molecular weight excluding hydrogens is 974 g/mol. The van der Waals surface area contributed by atoms with Crippen LogP contribution in [0.3, 0.4) is 0 Å². The number of hydrogen-bond acceptors (Lipinski definition) is 3. The maximum absolute atomic E-state index is 12.3. The van der Waals surface area contributed by atoms with E-state index in [4.69, 9.17) is 30.5 Å². The minimum Gasteiger partial charge on any atom is -0.507 e. The first-order valence-corrected chi connectivity index (χ1v) is 21.3. The monoisotopic (exact) mass is 1040 g/mol. The first-order chi connectivity index (χ1) is 36.9. The van der Waals surface area contributed by atoms with Gasteiger partial charge in [0.15, 0.2) is 0 Å². The fourth-order valence-corrected chi connectivity index (χ4v) is 8.30. The van der Waals surface area contributed by atoms with Crippen molar-refractivity contribution < 1.29 is 46.7 Å². The Balaban J connectivity index is 0.00000841. The second-order valence-electron chi connectivity index (χ2n) is 16.9. The Hall–Kier alpha value is -6.35. The summed E-state index contributed by atoms with van der Waals surface area (Å²) < 4.78 is 128. The number of aromatic hydroxyl groups is 1. The quantitative estimate of drug-likeness (QED) is 0.147. The minimum atomic E-state index is -3.42. The van der Waals surface area contributed by atoms with E-state index < -0.39 is 39.7 Å². The SMILES string of the molecule is [2H]C([2H])([2H])c1cc(-n2c(-c3cc(C(C)C)cc(C(C)C)c3O)nc3c(-c4[c-]c(-c5cc(-c6ccc(C(C([2H])([2H])[2H])(C([2H])([2H])[2H])C([2H])([2H])[2H])cc6)ccn5)cc(-c5ccccc5)c4)cccc32)cc(-c2ccccc2)c1C([2H])([2H])[2H].[Pt]. The predicted molar refractivity (Wildman–Crippen MR) is 268 cm³/mol. The van der Waals surface area contributed by atoms with E-state index in [0.29, 0.717) is 66.9 Å². The van der Waals surface area contributed by atoms with Gasteiger partial charge >= 0.3 is 0 Å². The summed E-state index contributed by atoms with van der Waals surface area (Å²) in [5, 5.41) is 12.3. The van der Waals surface area contributed by atoms with Crippen LogP contribution in [-0.2, 0) is 26.5 Å². The Morgan fingerprint density at radius 1 is 0.615 bits per heavy atom. The topological polar surface area (TPSA) is 50.9 Å². The molecule has 0 aliphatic carbocycles. The van der Waals surface area contributed by atoms with E-state index >= 15 is 0 Å². The number of para-hydroxylation sites is 1. The fourth-order valence-electron chi connectivity index (χ4n) is 8.30. The standard InChI is InChI=1S/C60H56N3O.Pt/c1-37(2)45-33-52(38(3)4)58(64)54(34-45)59-62-57-51(21-16-22-56(57)63(59)50-29-39(5)40(6)53(36-50)43-19-14-11-15-20-43)47-30-46(41-17-12-10-13-18-41)31-48(32-47)55-35-44(27-28-61-55)42-23-25-49(26-24-42)60(7,8)9;/h10-31,33-38,64H,1-9H3;/q-1;/i5D3,6D3,7D3,8D3,9D3;. The molecule has 0 aliphatic heterocycles. The summed E-state index contributed by atoms with van der Waals surface area (Å²) in [6, 6.07) is 47.5. The molecule has 0 fully saturated rings. The van der Waals surface area contributed by atoms with E-state index in [-0.39, 0.29) is 66.7 Å². The van der Waals surface area contributed by atoms with Gasteiger partial charge in [-0.1, -0.05) is 174 Å². The molecule has 0 amide bonds. The molecule has 328 valence electrons. The summed E-state index contributed by atoms with van der Waals surface area (Å²) >= 11 is 0. The van der Waals surface area contributed by atoms with Crippen molar-refractivity contribution in [2.75, 3.05) is 0 Å². The van der Waals surface area contributed by atoms with Gasteiger partial charge in [-0.15, -0.1) is 23.8 Å². The number of nitrogens with zero attached hydrogens (tertiary/aromatic N) is 3. The molecule has 0 saturated heterocycles. The molecule has 0 radical (unpaired) electrons. The zero-order valence-corrected chi connectivity index (χ0v) is 38.5. The number of rotatable bonds is 9. The van der Waals surface area contributed by atoms with Crippen LogP contribution in [0, 0.1) is 19.8 Å². The van der Waals surface area contributed by atoms with E-state index in [2.05, 4.69) is 19.9 Å². The Morgan fingerprint density at radius 2 is 1.32 bits per heavy atom. The predicted octanol–water partition coefficient (Wildman–Crippen LogP) is 16.1. The normalized spacial score (nSPS) is 16.1. The van der Waals surface area contributed by atoms with E-state index in [1.807, 2.05) is 86.6 Å². The van der Waals surface area contributed by atoms with Crippen LogP contribution in [0.1, 0.15) is 108 Å². The molecule has 9 rings (SSSR count). The minimum absolute atomic E-state index is 0. The number of aromatic nitrogens is 3. The number of imidazole rings is 1. The Morgan fingerprint density at radius 3 is 2.00 bits per heavy atom. The number of phenols is 1. The first-order valence-electron chi connectivity index (χ1n) is 28.8. The van der Waals surface area contributed by atoms with Gasteiger partial charge in [0.2, 0.25) is 0 Å². The van der Waals surface area contributed by atoms with Crippen molar-refractivity contribution in [1.82, 2.24) is 14.5 Å². The van der Waals surface area contributed by atoms with Crippen molar-refractivity contribution in [1.29, 1.82) is 0 Å². The van der Waals surface area contributed by atoms with E-state index in [1.165, 1.54) is 30.3 Å². The van der Waals surface area contributed by atoms with Gasteiger partial charge in [-0.2, -0.15) is 0 Å². The van der Waals surface area contributed by atoms with Gasteiger partial charge in [0.1, 0.15) is 11.6 Å². The molecule has 1 N–H and O–H groups in total. The van der Waals surface area contributed by atoms with E-state index in [0.717, 1.165) is 16.7 Å². The second kappa shape index (κ2) is 18.3. The molecule has 0 unspecified atom stereocenters. The van der Waals surface area contributed by atoms with Gasteiger partial charge in [-0.3, -0.25) is 9.55 Å². The third kappa shape index (κ3) is 8.90. The van der Waals surface area contributed by atoms with Gasteiger partial charge in [0.05, 0.1) is 16.6 Å². The van der Waals surface area contributed by atoms with Crippen LogP contribution in [0.5, 0.6) is 5.75 Å². The number of benzene rings is 7. The molecule has 9 aromatic rings. The molecule has 65 heavy (non-hydrogen) atoms. The number of phenolic OH excluding ortho intramolecular Hbond substituents is 1. The van der Waals surface area contributed by atoms with Crippen LogP contribution in [0.4, 0.5) is 0 Å². The first kappa shape index (κ1) is 30.0. The molecule has 2 heterocycles. The van der Waals surface area contributed by atoms with Crippen LogP contribution in [0.25, 0.3) is 83.9 Å². The Kier molecular flexibility index (Phi) is 8.42. The van der Waals surface area contributed by atoms with Crippen molar-refractivity contribution in [3.63, 3.8) is 0 Å². The van der Waals surface area contributed by atoms with Gasteiger partial charge in [0, 0.05) is 59.2 Å². The summed E-state index contributed by atoms with van der Waals surface area (Å²) in [5.41, 5.74) is 4.73. The molecule has 0 bridgehead atoms. The zero-order valence-electron chi connectivity index (χ0n) is 51.3. The Bertz CT molecular complexity index is 3690. The molecule has 7 aromatic carbocycles. The van der Waals surface area contributed by atoms with E-state index in [1.54, 1.807) is 59.3 Å². The molecule has 2 aromatic heterocycles. The fraction of sp³-hybridized carbons (Fsp3) is 0.200. The molecule has 0 saturated carbocycles. The average Bonchev–Trinajstić information content (AvgIpc) is 3.80. The zero-order chi connectivity index (χ0) is 57.4. The second-order valence-corrected chi connectivity index (χ2v) is 16.9. The summed E-state index contributed by atoms with van der Waals surface area (Å²) in [6.45, 7) is -7.90. The maximum Gasteiger partial charge on any atom is 0.148 e. The van der Waals surface area contributed by atoms with Crippen LogP contribution in [0.15, 0.2) is 158 Å². The molecule has 0 aliphatic rings. The number of aryl methyl sites for hydroxylation is 1. The van der Waals surface area contributed by atoms with Crippen LogP contribution < -0.4 is 0 Å². The smallest absolute Gasteiger partial charge is 0.148 e. The summed E-state index contributed by atoms with van der Waals surface area (Å²) in [7, 11) is 0. The summed E-state index contributed by atoms with van der Waals surface area (Å²) in [5.74, 6) is 0.178.